The molecule has 0 aromatic rings. The molecule has 2 N–H and O–H groups in total. The first-order valence-electron chi connectivity index (χ1n) is 7.36. The Morgan fingerprint density at radius 1 is 1.40 bits per heavy atom. The van der Waals surface area contributed by atoms with E-state index >= 15 is 0 Å². The molecule has 1 amide bonds. The number of nitrogens with one attached hydrogen (secondary N) is 1. The fraction of sp³-hybridized carbons (Fsp3) is 0.857. The minimum Gasteiger partial charge on any atom is -0.480 e. The van der Waals surface area contributed by atoms with Crippen LogP contribution in [-0.2, 0) is 14.3 Å². The van der Waals surface area contributed by atoms with Gasteiger partial charge in [0.1, 0.15) is 6.04 Å². The van der Waals surface area contributed by atoms with E-state index in [1.165, 1.54) is 0 Å². The molecule has 0 aromatic carbocycles. The molecule has 2 fully saturated rings. The second kappa shape index (κ2) is 6.54. The molecule has 4 atom stereocenters. The molecular weight excluding hydrogens is 260 g/mol. The van der Waals surface area contributed by atoms with Gasteiger partial charge in [-0.15, -0.1) is 0 Å². The number of hydrogen-bond donors (Lipinski definition) is 2. The second-order valence-corrected chi connectivity index (χ2v) is 5.74. The number of likely N-dealkylation sites (tertiary alicyclic amines) is 1. The molecule has 0 aliphatic carbocycles. The third-order valence-electron chi connectivity index (χ3n) is 4.58. The van der Waals surface area contributed by atoms with Crippen molar-refractivity contribution in [1.82, 2.24) is 10.2 Å². The zero-order valence-electron chi connectivity index (χ0n) is 12.2. The second-order valence-electron chi connectivity index (χ2n) is 5.74. The van der Waals surface area contributed by atoms with E-state index in [0.717, 1.165) is 12.8 Å². The first-order valence-corrected chi connectivity index (χ1v) is 7.36. The fourth-order valence-electron chi connectivity index (χ4n) is 3.18. The highest BCUT2D eigenvalue weighted by atomic mass is 16.5. The van der Waals surface area contributed by atoms with Gasteiger partial charge in [0.2, 0.25) is 5.91 Å². The number of carbonyl (C=O) groups excluding carboxylic acids is 1. The molecular formula is C14H24N2O4. The van der Waals surface area contributed by atoms with Crippen molar-refractivity contribution >= 4 is 11.9 Å². The van der Waals surface area contributed by atoms with Gasteiger partial charge < -0.3 is 20.1 Å². The van der Waals surface area contributed by atoms with Crippen LogP contribution < -0.4 is 5.32 Å². The number of carboxylic acids is 1. The molecule has 2 rings (SSSR count). The van der Waals surface area contributed by atoms with E-state index in [1.807, 2.05) is 0 Å². The largest absolute Gasteiger partial charge is 0.480 e. The first-order chi connectivity index (χ1) is 9.56. The zero-order chi connectivity index (χ0) is 14.7. The monoisotopic (exact) mass is 284 g/mol. The highest BCUT2D eigenvalue weighted by molar-refractivity contribution is 5.87. The summed E-state index contributed by atoms with van der Waals surface area (Å²) >= 11 is 0. The van der Waals surface area contributed by atoms with Crippen LogP contribution in [0.4, 0.5) is 0 Å². The average molecular weight is 284 g/mol. The van der Waals surface area contributed by atoms with Crippen LogP contribution in [0.1, 0.15) is 32.6 Å². The number of rotatable bonds is 4. The van der Waals surface area contributed by atoms with E-state index in [1.54, 1.807) is 12.0 Å². The summed E-state index contributed by atoms with van der Waals surface area (Å²) in [6.07, 6.45) is 3.10. The zero-order valence-corrected chi connectivity index (χ0v) is 12.2. The van der Waals surface area contributed by atoms with Crippen molar-refractivity contribution in [2.75, 3.05) is 20.2 Å². The van der Waals surface area contributed by atoms with E-state index < -0.39 is 12.0 Å². The number of amides is 1. The number of piperidine rings is 1. The van der Waals surface area contributed by atoms with Gasteiger partial charge in [-0.05, 0) is 25.2 Å². The van der Waals surface area contributed by atoms with Gasteiger partial charge in [0, 0.05) is 20.2 Å². The van der Waals surface area contributed by atoms with Gasteiger partial charge >= 0.3 is 5.97 Å². The van der Waals surface area contributed by atoms with Crippen LogP contribution in [0, 0.1) is 5.92 Å². The molecule has 114 valence electrons. The fourth-order valence-corrected chi connectivity index (χ4v) is 3.18. The quantitative estimate of drug-likeness (QED) is 0.784. The molecule has 0 spiro atoms. The molecule has 4 unspecified atom stereocenters. The average Bonchev–Trinajstić information content (AvgIpc) is 2.94. The highest BCUT2D eigenvalue weighted by Gasteiger charge is 2.40. The summed E-state index contributed by atoms with van der Waals surface area (Å²) < 4.78 is 5.24. The van der Waals surface area contributed by atoms with Crippen LogP contribution in [0.2, 0.25) is 0 Å². The molecule has 0 saturated carbocycles. The Morgan fingerprint density at radius 2 is 2.15 bits per heavy atom. The SMILES string of the molecule is CCC1CCN(C(=O)C2CC(OC)CN2)C(C(=O)O)C1. The summed E-state index contributed by atoms with van der Waals surface area (Å²) in [4.78, 5) is 25.5. The van der Waals surface area contributed by atoms with Crippen LogP contribution in [0.5, 0.6) is 0 Å². The molecule has 6 heteroatoms. The van der Waals surface area contributed by atoms with Gasteiger partial charge in [0.15, 0.2) is 0 Å². The first kappa shape index (κ1) is 15.3. The molecule has 6 nitrogen and oxygen atoms in total. The molecule has 0 bridgehead atoms. The lowest BCUT2D eigenvalue weighted by molar-refractivity contribution is -0.154. The summed E-state index contributed by atoms with van der Waals surface area (Å²) in [7, 11) is 1.63. The minimum absolute atomic E-state index is 0.0420. The molecule has 2 aliphatic heterocycles. The predicted molar refractivity (Wildman–Crippen MR) is 73.4 cm³/mol. The van der Waals surface area contributed by atoms with Gasteiger partial charge in [-0.2, -0.15) is 0 Å². The number of nitrogens with zero attached hydrogens (tertiary/aromatic N) is 1. The van der Waals surface area contributed by atoms with Crippen LogP contribution in [0.3, 0.4) is 0 Å². The third-order valence-corrected chi connectivity index (χ3v) is 4.58. The minimum atomic E-state index is -0.891. The lowest BCUT2D eigenvalue weighted by atomic mass is 9.88. The van der Waals surface area contributed by atoms with Crippen molar-refractivity contribution in [1.29, 1.82) is 0 Å². The van der Waals surface area contributed by atoms with Crippen molar-refractivity contribution < 1.29 is 19.4 Å². The number of methoxy groups -OCH3 is 1. The molecule has 0 radical (unpaired) electrons. The Labute approximate surface area is 119 Å². The van der Waals surface area contributed by atoms with Crippen molar-refractivity contribution in [2.24, 2.45) is 5.92 Å². The van der Waals surface area contributed by atoms with Crippen molar-refractivity contribution in [3.05, 3.63) is 0 Å². The third kappa shape index (κ3) is 3.12. The Morgan fingerprint density at radius 3 is 2.70 bits per heavy atom. The Balaban J connectivity index is 2.02. The van der Waals surface area contributed by atoms with Crippen molar-refractivity contribution in [2.45, 2.75) is 50.8 Å². The molecule has 2 aliphatic rings. The van der Waals surface area contributed by atoms with Gasteiger partial charge in [-0.3, -0.25) is 4.79 Å². The van der Waals surface area contributed by atoms with Crippen molar-refractivity contribution in [3.8, 4) is 0 Å². The van der Waals surface area contributed by atoms with Gasteiger partial charge in [0.25, 0.3) is 0 Å². The lowest BCUT2D eigenvalue weighted by Crippen LogP contribution is -2.54. The smallest absolute Gasteiger partial charge is 0.326 e. The van der Waals surface area contributed by atoms with E-state index in [-0.39, 0.29) is 18.1 Å². The standard InChI is InChI=1S/C14H24N2O4/c1-3-9-4-5-16(12(6-9)14(18)19)13(17)11-7-10(20-2)8-15-11/h9-12,15H,3-8H2,1-2H3,(H,18,19). The van der Waals surface area contributed by atoms with E-state index in [0.29, 0.717) is 31.8 Å². The Hall–Kier alpha value is -1.14. The molecule has 0 aromatic heterocycles. The van der Waals surface area contributed by atoms with Crippen molar-refractivity contribution in [3.63, 3.8) is 0 Å². The van der Waals surface area contributed by atoms with Gasteiger partial charge in [0.05, 0.1) is 12.1 Å². The number of carboxylic acid groups (broad SMARTS) is 1. The normalized spacial score (nSPS) is 34.2. The topological polar surface area (TPSA) is 78.9 Å². The van der Waals surface area contributed by atoms with E-state index in [2.05, 4.69) is 12.2 Å². The lowest BCUT2D eigenvalue weighted by Gasteiger charge is -2.38. The van der Waals surface area contributed by atoms with Crippen LogP contribution in [0.25, 0.3) is 0 Å². The summed E-state index contributed by atoms with van der Waals surface area (Å²) in [5.41, 5.74) is 0. The van der Waals surface area contributed by atoms with Crippen LogP contribution >= 0.6 is 0 Å². The molecule has 2 saturated heterocycles. The van der Waals surface area contributed by atoms with Crippen LogP contribution in [0.15, 0.2) is 0 Å². The predicted octanol–water partition coefficient (Wildman–Crippen LogP) is 0.465. The Kier molecular flexibility index (Phi) is 4.99. The summed E-state index contributed by atoms with van der Waals surface area (Å²) in [6, 6.07) is -0.982. The maximum Gasteiger partial charge on any atom is 0.326 e. The maximum absolute atomic E-state index is 12.5. The summed E-state index contributed by atoms with van der Waals surface area (Å²) in [5, 5.41) is 12.5. The number of carbonyl (C=O) groups is 2. The van der Waals surface area contributed by atoms with Crippen LogP contribution in [-0.4, -0.2) is 60.3 Å². The highest BCUT2D eigenvalue weighted by Crippen LogP contribution is 2.27. The molecule has 20 heavy (non-hydrogen) atoms. The van der Waals surface area contributed by atoms with E-state index in [4.69, 9.17) is 4.74 Å². The van der Waals surface area contributed by atoms with Gasteiger partial charge in [-0.25, -0.2) is 4.79 Å². The summed E-state index contributed by atoms with van der Waals surface area (Å²) in [6.45, 7) is 3.27. The Bertz CT molecular complexity index is 374. The number of ether oxygens (including phenoxy) is 1. The van der Waals surface area contributed by atoms with E-state index in [9.17, 15) is 14.7 Å². The number of hydrogen-bond acceptors (Lipinski definition) is 4. The number of aliphatic carboxylic acids is 1. The molecule has 2 heterocycles. The van der Waals surface area contributed by atoms with Gasteiger partial charge in [-0.1, -0.05) is 13.3 Å². The maximum atomic E-state index is 12.5. The summed E-state index contributed by atoms with van der Waals surface area (Å²) in [5.74, 6) is -0.576.